The van der Waals surface area contributed by atoms with Gasteiger partial charge in [-0.2, -0.15) is 0 Å². The van der Waals surface area contributed by atoms with Gasteiger partial charge in [-0.15, -0.1) is 10.2 Å². The van der Waals surface area contributed by atoms with E-state index in [0.717, 1.165) is 11.8 Å². The van der Waals surface area contributed by atoms with Gasteiger partial charge in [-0.1, -0.05) is 23.9 Å². The maximum Gasteiger partial charge on any atom is 0.226 e. The summed E-state index contributed by atoms with van der Waals surface area (Å²) >= 11 is 1.25. The summed E-state index contributed by atoms with van der Waals surface area (Å²) in [4.78, 5) is 11.4. The lowest BCUT2D eigenvalue weighted by atomic mass is 10.2. The first-order chi connectivity index (χ1) is 11.6. The Morgan fingerprint density at radius 2 is 2.17 bits per heavy atom. The first kappa shape index (κ1) is 15.9. The predicted octanol–water partition coefficient (Wildman–Crippen LogP) is 1.62. The van der Waals surface area contributed by atoms with Crippen LogP contribution in [0.3, 0.4) is 0 Å². The number of hydrogen-bond acceptors (Lipinski definition) is 8. The number of nitrogens with two attached hydrogens (primary N) is 1. The van der Waals surface area contributed by atoms with Crippen LogP contribution in [0.1, 0.15) is 5.76 Å². The van der Waals surface area contributed by atoms with Crippen molar-refractivity contribution in [2.24, 2.45) is 0 Å². The van der Waals surface area contributed by atoms with Crippen LogP contribution in [0.5, 0.6) is 11.5 Å². The molecule has 3 N–H and O–H groups in total. The van der Waals surface area contributed by atoms with Crippen molar-refractivity contribution >= 4 is 11.8 Å². The third-order valence-electron chi connectivity index (χ3n) is 3.22. The Hall–Kier alpha value is -2.94. The maximum absolute atomic E-state index is 11.4. The molecule has 3 rings (SSSR count). The van der Waals surface area contributed by atoms with Gasteiger partial charge in [0.2, 0.25) is 10.6 Å². The normalized spacial score (nSPS) is 10.7. The van der Waals surface area contributed by atoms with Crippen molar-refractivity contribution in [3.63, 3.8) is 0 Å². The highest BCUT2D eigenvalue weighted by atomic mass is 32.2. The van der Waals surface area contributed by atoms with Crippen LogP contribution >= 0.6 is 11.8 Å². The summed E-state index contributed by atoms with van der Waals surface area (Å²) in [6.07, 6.45) is 1.01. The molecule has 0 aliphatic rings. The summed E-state index contributed by atoms with van der Waals surface area (Å²) in [5, 5.41) is 17.8. The highest BCUT2D eigenvalue weighted by Gasteiger charge is 2.16. The molecule has 0 atom stereocenters. The summed E-state index contributed by atoms with van der Waals surface area (Å²) in [7, 11) is 1.57. The second-order valence-corrected chi connectivity index (χ2v) is 5.70. The molecule has 0 radical (unpaired) electrons. The van der Waals surface area contributed by atoms with Gasteiger partial charge in [0, 0.05) is 6.07 Å². The van der Waals surface area contributed by atoms with Gasteiger partial charge in [0.25, 0.3) is 0 Å². The zero-order chi connectivity index (χ0) is 17.1. The van der Waals surface area contributed by atoms with E-state index < -0.39 is 11.2 Å². The maximum atomic E-state index is 11.4. The Kier molecular flexibility index (Phi) is 4.43. The number of aromatic nitrogens is 3. The van der Waals surface area contributed by atoms with E-state index in [-0.39, 0.29) is 0 Å². The number of rotatable bonds is 5. The fourth-order valence-corrected chi connectivity index (χ4v) is 2.79. The molecule has 0 aliphatic carbocycles. The van der Waals surface area contributed by atoms with E-state index in [0.29, 0.717) is 28.2 Å². The number of para-hydroxylation sites is 1. The smallest absolute Gasteiger partial charge is 0.226 e. The summed E-state index contributed by atoms with van der Waals surface area (Å²) in [5.41, 5.74) is 0.221. The fraction of sp³-hybridized carbons (Fsp3) is 0.133. The fourth-order valence-electron chi connectivity index (χ4n) is 2.04. The van der Waals surface area contributed by atoms with E-state index in [1.54, 1.807) is 7.11 Å². The van der Waals surface area contributed by atoms with Crippen molar-refractivity contribution in [3.05, 3.63) is 52.6 Å². The Labute approximate surface area is 140 Å². The average molecular weight is 346 g/mol. The lowest BCUT2D eigenvalue weighted by molar-refractivity contribution is 0.416. The molecule has 8 nitrogen and oxygen atoms in total. The molecule has 24 heavy (non-hydrogen) atoms. The number of nitrogen functional groups attached to an aromatic ring is 1. The molecule has 9 heteroatoms. The van der Waals surface area contributed by atoms with Crippen molar-refractivity contribution in [2.45, 2.75) is 10.9 Å². The number of ether oxygens (including phenoxy) is 1. The van der Waals surface area contributed by atoms with E-state index in [1.165, 1.54) is 22.5 Å². The summed E-state index contributed by atoms with van der Waals surface area (Å²) in [6.45, 7) is 0. The Morgan fingerprint density at radius 1 is 1.38 bits per heavy atom. The molecule has 0 saturated heterocycles. The van der Waals surface area contributed by atoms with Gasteiger partial charge in [-0.3, -0.25) is 4.79 Å². The molecule has 124 valence electrons. The summed E-state index contributed by atoms with van der Waals surface area (Å²) < 4.78 is 11.8. The van der Waals surface area contributed by atoms with Crippen LogP contribution in [-0.2, 0) is 5.75 Å². The van der Waals surface area contributed by atoms with E-state index in [4.69, 9.17) is 15.0 Å². The molecule has 0 fully saturated rings. The number of hydrogen-bond donors (Lipinski definition) is 2. The van der Waals surface area contributed by atoms with Gasteiger partial charge in [-0.05, 0) is 12.1 Å². The Balaban J connectivity index is 1.82. The number of benzene rings is 1. The first-order valence-corrected chi connectivity index (χ1v) is 7.86. The third kappa shape index (κ3) is 3.06. The monoisotopic (exact) mass is 346 g/mol. The molecule has 1 aromatic carbocycles. The van der Waals surface area contributed by atoms with Gasteiger partial charge in [0.05, 0.1) is 18.4 Å². The molecule has 3 aromatic rings. The van der Waals surface area contributed by atoms with Gasteiger partial charge < -0.3 is 20.1 Å². The van der Waals surface area contributed by atoms with Crippen molar-refractivity contribution < 1.29 is 14.3 Å². The molecule has 2 aromatic heterocycles. The first-order valence-electron chi connectivity index (χ1n) is 6.87. The standard InChI is InChI=1S/C15H14N4O4S/c1-22-13-5-3-2-4-10(13)14-17-18-15(19(14)16)24-8-9-6-11(20)12(21)7-23-9/h2-7,21H,8,16H2,1H3. The van der Waals surface area contributed by atoms with Gasteiger partial charge in [-0.25, -0.2) is 4.68 Å². The van der Waals surface area contributed by atoms with Gasteiger partial charge in [0.15, 0.2) is 11.6 Å². The Morgan fingerprint density at radius 3 is 2.92 bits per heavy atom. The second-order valence-electron chi connectivity index (χ2n) is 4.76. The average Bonchev–Trinajstić information content (AvgIpc) is 2.96. The van der Waals surface area contributed by atoms with Crippen molar-refractivity contribution in [3.8, 4) is 22.9 Å². The van der Waals surface area contributed by atoms with Crippen LogP contribution in [0.2, 0.25) is 0 Å². The van der Waals surface area contributed by atoms with Crippen LogP contribution in [0.15, 0.2) is 51.0 Å². The highest BCUT2D eigenvalue weighted by molar-refractivity contribution is 7.98. The minimum absolute atomic E-state index is 0.316. The zero-order valence-corrected chi connectivity index (χ0v) is 13.5. The zero-order valence-electron chi connectivity index (χ0n) is 12.7. The minimum atomic E-state index is -0.499. The van der Waals surface area contributed by atoms with E-state index >= 15 is 0 Å². The lowest BCUT2D eigenvalue weighted by Crippen LogP contribution is -2.12. The van der Waals surface area contributed by atoms with Crippen LogP contribution in [0, 0.1) is 0 Å². The number of aromatic hydroxyl groups is 1. The molecular weight excluding hydrogens is 332 g/mol. The molecule has 0 saturated carbocycles. The van der Waals surface area contributed by atoms with Crippen molar-refractivity contribution in [2.75, 3.05) is 13.0 Å². The van der Waals surface area contributed by atoms with E-state index in [2.05, 4.69) is 10.2 Å². The predicted molar refractivity (Wildman–Crippen MR) is 88.4 cm³/mol. The lowest BCUT2D eigenvalue weighted by Gasteiger charge is -2.07. The minimum Gasteiger partial charge on any atom is -0.502 e. The quantitative estimate of drug-likeness (QED) is 0.529. The highest BCUT2D eigenvalue weighted by Crippen LogP contribution is 2.30. The topological polar surface area (TPSA) is 116 Å². The van der Waals surface area contributed by atoms with E-state index in [1.807, 2.05) is 24.3 Å². The van der Waals surface area contributed by atoms with Crippen LogP contribution in [0.4, 0.5) is 0 Å². The number of nitrogens with zero attached hydrogens (tertiary/aromatic N) is 3. The molecule has 0 amide bonds. The van der Waals surface area contributed by atoms with Crippen LogP contribution < -0.4 is 16.0 Å². The van der Waals surface area contributed by atoms with Gasteiger partial charge >= 0.3 is 0 Å². The molecule has 2 heterocycles. The summed E-state index contributed by atoms with van der Waals surface area (Å²) in [6, 6.07) is 8.56. The molecule has 0 unspecified atom stereocenters. The molecule has 0 bridgehead atoms. The largest absolute Gasteiger partial charge is 0.502 e. The van der Waals surface area contributed by atoms with Gasteiger partial charge in [0.1, 0.15) is 17.8 Å². The number of methoxy groups -OCH3 is 1. The molecular formula is C15H14N4O4S. The van der Waals surface area contributed by atoms with Crippen LogP contribution in [0.25, 0.3) is 11.4 Å². The summed E-state index contributed by atoms with van der Waals surface area (Å²) in [5.74, 6) is 7.44. The SMILES string of the molecule is COc1ccccc1-c1nnc(SCc2cc(=O)c(O)co2)n1N. The third-order valence-corrected chi connectivity index (χ3v) is 4.19. The van der Waals surface area contributed by atoms with Crippen LogP contribution in [-0.4, -0.2) is 27.1 Å². The second kappa shape index (κ2) is 6.67. The Bertz CT molecular complexity index is 922. The molecule has 0 aliphatic heterocycles. The van der Waals surface area contributed by atoms with Crippen molar-refractivity contribution in [1.82, 2.24) is 14.9 Å². The van der Waals surface area contributed by atoms with E-state index in [9.17, 15) is 9.90 Å². The van der Waals surface area contributed by atoms with Crippen molar-refractivity contribution in [1.29, 1.82) is 0 Å². The molecule has 0 spiro atoms. The number of thioether (sulfide) groups is 1.